The van der Waals surface area contributed by atoms with E-state index in [9.17, 15) is 0 Å². The topological polar surface area (TPSA) is 16.4 Å². The Bertz CT molecular complexity index is 3230. The van der Waals surface area contributed by atoms with Crippen LogP contribution in [0.2, 0.25) is 0 Å². The molecule has 11 rings (SSSR count). The second-order valence-electron chi connectivity index (χ2n) is 14.5. The highest BCUT2D eigenvalue weighted by atomic mass is 16.3. The van der Waals surface area contributed by atoms with E-state index in [2.05, 4.69) is 211 Å². The molecule has 0 saturated carbocycles. The Balaban J connectivity index is 1.07. The van der Waals surface area contributed by atoms with Crippen molar-refractivity contribution in [3.63, 3.8) is 0 Å². The summed E-state index contributed by atoms with van der Waals surface area (Å²) in [6, 6.07) is 76.5. The van der Waals surface area contributed by atoms with Crippen LogP contribution in [-0.2, 0) is 0 Å². The van der Waals surface area contributed by atoms with Crippen LogP contribution < -0.4 is 4.90 Å². The van der Waals surface area contributed by atoms with Crippen molar-refractivity contribution >= 4 is 71.3 Å². The third-order valence-electron chi connectivity index (χ3n) is 11.3. The van der Waals surface area contributed by atoms with Crippen LogP contribution >= 0.6 is 0 Å². The lowest BCUT2D eigenvalue weighted by Crippen LogP contribution is -2.10. The summed E-state index contributed by atoms with van der Waals surface area (Å²) in [5, 5.41) is 9.48. The summed E-state index contributed by atoms with van der Waals surface area (Å²) < 4.78 is 6.54. The van der Waals surface area contributed by atoms with Crippen LogP contribution in [0.4, 0.5) is 17.1 Å². The van der Waals surface area contributed by atoms with E-state index in [0.29, 0.717) is 0 Å². The number of para-hydroxylation sites is 1. The second-order valence-corrected chi connectivity index (χ2v) is 14.5. The first-order chi connectivity index (χ1) is 27.8. The predicted molar refractivity (Wildman–Crippen MR) is 237 cm³/mol. The molecule has 11 aromatic rings. The molecule has 0 radical (unpaired) electrons. The van der Waals surface area contributed by atoms with Crippen LogP contribution in [0.5, 0.6) is 0 Å². The molecule has 0 atom stereocenters. The van der Waals surface area contributed by atoms with Gasteiger partial charge >= 0.3 is 0 Å². The summed E-state index contributed by atoms with van der Waals surface area (Å²) in [6.45, 7) is 0. The second kappa shape index (κ2) is 13.2. The SMILES string of the molecule is c1ccc(-c2c(-c3ccc(N(c4ccc(-c5cccc6ccccc56)cc4)c4ccc5ccc6c7ccccc7oc6c5c4)cc3)ccc3ccccc23)cc1. The molecule has 56 heavy (non-hydrogen) atoms. The van der Waals surface area contributed by atoms with E-state index >= 15 is 0 Å². The molecule has 262 valence electrons. The van der Waals surface area contributed by atoms with Gasteiger partial charge < -0.3 is 9.32 Å². The number of rotatable bonds is 6. The van der Waals surface area contributed by atoms with Crippen molar-refractivity contribution < 1.29 is 4.42 Å². The number of fused-ring (bicyclic) bond motifs is 7. The molecule has 10 aromatic carbocycles. The number of hydrogen-bond donors (Lipinski definition) is 0. The van der Waals surface area contributed by atoms with Crippen molar-refractivity contribution in [3.8, 4) is 33.4 Å². The molecule has 0 aliphatic rings. The van der Waals surface area contributed by atoms with Gasteiger partial charge in [-0.1, -0.05) is 164 Å². The van der Waals surface area contributed by atoms with E-state index in [1.165, 1.54) is 54.9 Å². The largest absolute Gasteiger partial charge is 0.455 e. The fourth-order valence-corrected chi connectivity index (χ4v) is 8.56. The minimum absolute atomic E-state index is 0.903. The van der Waals surface area contributed by atoms with Crippen LogP contribution in [0.1, 0.15) is 0 Å². The molecule has 0 amide bonds. The molecule has 1 aromatic heterocycles. The predicted octanol–water partition coefficient (Wildman–Crippen LogP) is 15.5. The lowest BCUT2D eigenvalue weighted by Gasteiger charge is -2.26. The minimum Gasteiger partial charge on any atom is -0.455 e. The van der Waals surface area contributed by atoms with Crippen molar-refractivity contribution in [1.82, 2.24) is 0 Å². The van der Waals surface area contributed by atoms with Crippen LogP contribution in [0.25, 0.3) is 87.6 Å². The molecular weight excluding hydrogens is 679 g/mol. The van der Waals surface area contributed by atoms with E-state index in [4.69, 9.17) is 4.42 Å². The van der Waals surface area contributed by atoms with Gasteiger partial charge in [0.1, 0.15) is 11.2 Å². The van der Waals surface area contributed by atoms with E-state index < -0.39 is 0 Å². The molecule has 0 bridgehead atoms. The smallest absolute Gasteiger partial charge is 0.143 e. The third kappa shape index (κ3) is 5.34. The highest BCUT2D eigenvalue weighted by Gasteiger charge is 2.18. The van der Waals surface area contributed by atoms with Crippen molar-refractivity contribution in [3.05, 3.63) is 212 Å². The number of hydrogen-bond acceptors (Lipinski definition) is 2. The van der Waals surface area contributed by atoms with Crippen LogP contribution in [0, 0.1) is 0 Å². The summed E-state index contributed by atoms with van der Waals surface area (Å²) in [6.07, 6.45) is 0. The average molecular weight is 714 g/mol. The number of furan rings is 1. The number of anilines is 3. The van der Waals surface area contributed by atoms with Crippen molar-refractivity contribution in [1.29, 1.82) is 0 Å². The molecule has 2 nitrogen and oxygen atoms in total. The molecular formula is C54H35NO. The van der Waals surface area contributed by atoms with Crippen LogP contribution in [0.15, 0.2) is 217 Å². The monoisotopic (exact) mass is 713 g/mol. The molecule has 0 fully saturated rings. The minimum atomic E-state index is 0.903. The molecule has 0 unspecified atom stereocenters. The molecule has 0 aliphatic heterocycles. The summed E-state index contributed by atoms with van der Waals surface area (Å²) in [5.74, 6) is 0. The first-order valence-electron chi connectivity index (χ1n) is 19.2. The fourth-order valence-electron chi connectivity index (χ4n) is 8.56. The van der Waals surface area contributed by atoms with Gasteiger partial charge in [-0.2, -0.15) is 0 Å². The highest BCUT2D eigenvalue weighted by Crippen LogP contribution is 2.43. The summed E-state index contributed by atoms with van der Waals surface area (Å²) in [5.41, 5.74) is 12.3. The van der Waals surface area contributed by atoms with E-state index in [-0.39, 0.29) is 0 Å². The third-order valence-corrected chi connectivity index (χ3v) is 11.3. The number of nitrogens with zero attached hydrogens (tertiary/aromatic N) is 1. The average Bonchev–Trinajstić information content (AvgIpc) is 3.66. The molecule has 0 spiro atoms. The van der Waals surface area contributed by atoms with E-state index in [1.54, 1.807) is 0 Å². The summed E-state index contributed by atoms with van der Waals surface area (Å²) >= 11 is 0. The maximum atomic E-state index is 6.54. The Labute approximate surface area is 325 Å². The molecule has 0 aliphatic carbocycles. The summed E-state index contributed by atoms with van der Waals surface area (Å²) in [7, 11) is 0. The van der Waals surface area contributed by atoms with Gasteiger partial charge in [-0.15, -0.1) is 0 Å². The number of benzene rings is 10. The lowest BCUT2D eigenvalue weighted by atomic mass is 9.90. The fraction of sp³-hybridized carbons (Fsp3) is 0. The van der Waals surface area contributed by atoms with Gasteiger partial charge in [-0.05, 0) is 109 Å². The lowest BCUT2D eigenvalue weighted by molar-refractivity contribution is 0.672. The van der Waals surface area contributed by atoms with Gasteiger partial charge in [0.05, 0.1) is 0 Å². The van der Waals surface area contributed by atoms with Crippen LogP contribution in [0.3, 0.4) is 0 Å². The van der Waals surface area contributed by atoms with Gasteiger partial charge in [0.25, 0.3) is 0 Å². The molecule has 1 heterocycles. The summed E-state index contributed by atoms with van der Waals surface area (Å²) in [4.78, 5) is 2.36. The Morgan fingerprint density at radius 2 is 0.857 bits per heavy atom. The first kappa shape index (κ1) is 32.0. The van der Waals surface area contributed by atoms with Crippen LogP contribution in [-0.4, -0.2) is 0 Å². The standard InChI is InChI=1S/C54H35NO/c1-2-13-41(14-3-1)53-47-17-7-5-12-37(47)26-33-48(53)39-23-30-43(31-24-39)55(42-28-21-38(22-29-42)46-19-10-15-36-11-4-6-16-45(36)46)44-32-25-40-27-34-50-49-18-8-9-20-52(49)56-54(50)51(40)35-44/h1-35H. The zero-order chi connectivity index (χ0) is 37.0. The highest BCUT2D eigenvalue weighted by molar-refractivity contribution is 6.15. The Morgan fingerprint density at radius 3 is 1.62 bits per heavy atom. The maximum absolute atomic E-state index is 6.54. The first-order valence-corrected chi connectivity index (χ1v) is 19.2. The van der Waals surface area contributed by atoms with Crippen molar-refractivity contribution in [2.75, 3.05) is 4.90 Å². The molecule has 2 heteroatoms. The quantitative estimate of drug-likeness (QED) is 0.171. The van der Waals surface area contributed by atoms with Gasteiger partial charge in [-0.3, -0.25) is 0 Å². The molecule has 0 saturated heterocycles. The van der Waals surface area contributed by atoms with Crippen molar-refractivity contribution in [2.45, 2.75) is 0 Å². The van der Waals surface area contributed by atoms with Crippen molar-refractivity contribution in [2.24, 2.45) is 0 Å². The van der Waals surface area contributed by atoms with Gasteiger partial charge in [-0.25, -0.2) is 0 Å². The Morgan fingerprint density at radius 1 is 0.304 bits per heavy atom. The van der Waals surface area contributed by atoms with E-state index in [1.807, 2.05) is 6.07 Å². The van der Waals surface area contributed by atoms with Gasteiger partial charge in [0.15, 0.2) is 0 Å². The normalized spacial score (nSPS) is 11.6. The Hall–Kier alpha value is -7.42. The Kier molecular flexibility index (Phi) is 7.53. The van der Waals surface area contributed by atoms with Gasteiger partial charge in [0, 0.05) is 33.2 Å². The zero-order valence-electron chi connectivity index (χ0n) is 30.6. The zero-order valence-corrected chi connectivity index (χ0v) is 30.6. The maximum Gasteiger partial charge on any atom is 0.143 e. The van der Waals surface area contributed by atoms with E-state index in [0.717, 1.165) is 49.8 Å². The van der Waals surface area contributed by atoms with Gasteiger partial charge in [0.2, 0.25) is 0 Å². The molecule has 0 N–H and O–H groups in total.